The number of aromatic nitrogens is 3. The van der Waals surface area contributed by atoms with E-state index in [0.29, 0.717) is 5.88 Å². The molecule has 1 atom stereocenters. The van der Waals surface area contributed by atoms with Gasteiger partial charge in [-0.2, -0.15) is 0 Å². The summed E-state index contributed by atoms with van der Waals surface area (Å²) in [6, 6.07) is 10.4. The lowest BCUT2D eigenvalue weighted by Gasteiger charge is -2.17. The molecule has 37 heavy (non-hydrogen) atoms. The van der Waals surface area contributed by atoms with Gasteiger partial charge >= 0.3 is 0 Å². The number of fused-ring (bicyclic) bond motifs is 1. The van der Waals surface area contributed by atoms with Crippen molar-refractivity contribution in [2.75, 3.05) is 20.0 Å². The smallest absolute Gasteiger partial charge is 0.232 e. The summed E-state index contributed by atoms with van der Waals surface area (Å²) in [5.41, 5.74) is 4.97. The van der Waals surface area contributed by atoms with Crippen molar-refractivity contribution >= 4 is 10.9 Å². The number of pyridine rings is 1. The molecule has 1 aromatic carbocycles. The molecule has 5 nitrogen and oxygen atoms in total. The summed E-state index contributed by atoms with van der Waals surface area (Å²) in [6.45, 7) is 20.8. The highest BCUT2D eigenvalue weighted by Gasteiger charge is 2.09. The SMILES string of the molecule is C=C(CCc1ccc2cccc(C)c2n1)NC(C)c1cnc(OCCF)cn1.CC.CC.CC.CCF. The zero-order chi connectivity index (χ0) is 28.6. The summed E-state index contributed by atoms with van der Waals surface area (Å²) in [5, 5.41) is 4.51. The van der Waals surface area contributed by atoms with E-state index in [9.17, 15) is 8.78 Å². The van der Waals surface area contributed by atoms with Crippen LogP contribution < -0.4 is 10.1 Å². The second-order valence-corrected chi connectivity index (χ2v) is 7.00. The van der Waals surface area contributed by atoms with Crippen LogP contribution in [0.1, 0.15) is 84.8 Å². The van der Waals surface area contributed by atoms with E-state index in [-0.39, 0.29) is 19.3 Å². The number of para-hydroxylation sites is 1. The summed E-state index contributed by atoms with van der Waals surface area (Å²) in [7, 11) is 0. The van der Waals surface area contributed by atoms with E-state index in [0.717, 1.165) is 40.8 Å². The lowest BCUT2D eigenvalue weighted by molar-refractivity contribution is 0.263. The summed E-state index contributed by atoms with van der Waals surface area (Å²) in [4.78, 5) is 13.3. The number of allylic oxidation sites excluding steroid dienone is 1. The molecule has 0 aliphatic rings. The number of alkyl halides is 2. The number of rotatable bonds is 9. The highest BCUT2D eigenvalue weighted by Crippen LogP contribution is 2.18. The molecule has 1 unspecified atom stereocenters. The highest BCUT2D eigenvalue weighted by molar-refractivity contribution is 5.81. The van der Waals surface area contributed by atoms with Crippen LogP contribution in [0.25, 0.3) is 10.9 Å². The first-order chi connectivity index (χ1) is 18.0. The quantitative estimate of drug-likeness (QED) is 0.307. The van der Waals surface area contributed by atoms with Gasteiger partial charge in [-0.05, 0) is 45.2 Å². The van der Waals surface area contributed by atoms with Gasteiger partial charge in [-0.15, -0.1) is 0 Å². The van der Waals surface area contributed by atoms with Gasteiger partial charge in [0.05, 0.1) is 36.3 Å². The van der Waals surface area contributed by atoms with Crippen LogP contribution in [0.5, 0.6) is 5.88 Å². The summed E-state index contributed by atoms with van der Waals surface area (Å²) < 4.78 is 27.5. The van der Waals surface area contributed by atoms with Crippen molar-refractivity contribution in [3.63, 3.8) is 0 Å². The van der Waals surface area contributed by atoms with Crippen LogP contribution in [-0.2, 0) is 6.42 Å². The Morgan fingerprint density at radius 1 is 1.00 bits per heavy atom. The number of hydrogen-bond acceptors (Lipinski definition) is 5. The zero-order valence-corrected chi connectivity index (χ0v) is 24.4. The van der Waals surface area contributed by atoms with Crippen LogP contribution in [0, 0.1) is 6.92 Å². The minimum Gasteiger partial charge on any atom is -0.474 e. The number of nitrogens with one attached hydrogen (secondary N) is 1. The number of benzene rings is 1. The summed E-state index contributed by atoms with van der Waals surface area (Å²) in [5.74, 6) is 0.324. The minimum atomic E-state index is -0.549. The average Bonchev–Trinajstić information content (AvgIpc) is 2.95. The van der Waals surface area contributed by atoms with Crippen LogP contribution in [0.4, 0.5) is 8.78 Å². The van der Waals surface area contributed by atoms with Gasteiger partial charge in [0.15, 0.2) is 0 Å². The maximum atomic E-state index is 12.1. The Balaban J connectivity index is 0. The van der Waals surface area contributed by atoms with E-state index in [1.807, 2.05) is 48.5 Å². The van der Waals surface area contributed by atoms with Crippen molar-refractivity contribution in [1.82, 2.24) is 20.3 Å². The molecule has 0 amide bonds. The Kier molecular flexibility index (Phi) is 22.7. The molecule has 0 radical (unpaired) electrons. The third-order valence-electron chi connectivity index (χ3n) is 4.50. The molecular formula is C30H48F2N4O. The fourth-order valence-corrected chi connectivity index (χ4v) is 2.97. The largest absolute Gasteiger partial charge is 0.474 e. The number of halogens is 2. The first-order valence-corrected chi connectivity index (χ1v) is 13.3. The molecule has 3 aromatic rings. The summed E-state index contributed by atoms with van der Waals surface area (Å²) in [6.07, 6.45) is 4.73. The third-order valence-corrected chi connectivity index (χ3v) is 4.50. The first kappa shape index (κ1) is 36.1. The maximum Gasteiger partial charge on any atom is 0.232 e. The Morgan fingerprint density at radius 3 is 2.22 bits per heavy atom. The van der Waals surface area contributed by atoms with Crippen LogP contribution in [-0.4, -0.2) is 34.9 Å². The number of aryl methyl sites for hydroxylation is 2. The van der Waals surface area contributed by atoms with Crippen molar-refractivity contribution in [1.29, 1.82) is 0 Å². The molecule has 2 heterocycles. The predicted octanol–water partition coefficient (Wildman–Crippen LogP) is 8.53. The van der Waals surface area contributed by atoms with Gasteiger partial charge in [0.1, 0.15) is 13.3 Å². The second-order valence-electron chi connectivity index (χ2n) is 7.00. The average molecular weight is 519 g/mol. The van der Waals surface area contributed by atoms with Crippen LogP contribution in [0.2, 0.25) is 0 Å². The van der Waals surface area contributed by atoms with Crippen molar-refractivity contribution < 1.29 is 13.5 Å². The second kappa shape index (κ2) is 23.3. The molecule has 0 saturated carbocycles. The Morgan fingerprint density at radius 2 is 1.65 bits per heavy atom. The van der Waals surface area contributed by atoms with E-state index in [2.05, 4.69) is 59.1 Å². The van der Waals surface area contributed by atoms with Crippen LogP contribution >= 0.6 is 0 Å². The van der Waals surface area contributed by atoms with Gasteiger partial charge in [0.25, 0.3) is 0 Å². The molecule has 2 aromatic heterocycles. The molecule has 208 valence electrons. The van der Waals surface area contributed by atoms with Crippen molar-refractivity contribution in [2.45, 2.75) is 81.2 Å². The van der Waals surface area contributed by atoms with E-state index in [4.69, 9.17) is 9.72 Å². The first-order valence-electron chi connectivity index (χ1n) is 13.3. The lowest BCUT2D eigenvalue weighted by atomic mass is 10.1. The van der Waals surface area contributed by atoms with Gasteiger partial charge in [-0.1, -0.05) is 72.4 Å². The van der Waals surface area contributed by atoms with Crippen molar-refractivity contribution in [2.24, 2.45) is 0 Å². The van der Waals surface area contributed by atoms with Gasteiger partial charge in [-0.3, -0.25) is 14.4 Å². The monoisotopic (exact) mass is 518 g/mol. The highest BCUT2D eigenvalue weighted by atomic mass is 19.1. The van der Waals surface area contributed by atoms with E-state index >= 15 is 0 Å². The van der Waals surface area contributed by atoms with E-state index < -0.39 is 6.67 Å². The molecule has 0 fully saturated rings. The molecule has 0 spiro atoms. The standard InChI is InChI=1S/C22H25FN4O.C2H5F.3C2H6/c1-15-5-4-6-18-8-10-19(27-22(15)18)9-7-16(2)26-17(3)20-13-25-21(14-24-20)28-12-11-23;1-2-3;3*1-2/h4-6,8,10,13-14,17,26H,2,7,9,11-12H2,1,3H3;2H2,1H3;3*1-2H3. The lowest BCUT2D eigenvalue weighted by Crippen LogP contribution is -2.19. The number of ether oxygens (including phenoxy) is 1. The van der Waals surface area contributed by atoms with Crippen molar-refractivity contribution in [3.8, 4) is 5.88 Å². The van der Waals surface area contributed by atoms with Crippen LogP contribution in [0.15, 0.2) is 55.0 Å². The Bertz CT molecular complexity index is 965. The Labute approximate surface area is 223 Å². The topological polar surface area (TPSA) is 59.9 Å². The fourth-order valence-electron chi connectivity index (χ4n) is 2.97. The van der Waals surface area contributed by atoms with Gasteiger partial charge in [0.2, 0.25) is 5.88 Å². The molecule has 0 aliphatic carbocycles. The molecule has 0 aliphatic heterocycles. The number of nitrogens with zero attached hydrogens (tertiary/aromatic N) is 3. The fraction of sp³-hybridized carbons (Fsp3) is 0.500. The van der Waals surface area contributed by atoms with Gasteiger partial charge in [0, 0.05) is 16.8 Å². The molecule has 1 N–H and O–H groups in total. The summed E-state index contributed by atoms with van der Waals surface area (Å²) >= 11 is 0. The molecular weight excluding hydrogens is 470 g/mol. The normalized spacial score (nSPS) is 10.0. The molecule has 7 heteroatoms. The Hall–Kier alpha value is -3.09. The molecule has 0 saturated heterocycles. The van der Waals surface area contributed by atoms with Crippen molar-refractivity contribution in [3.05, 3.63) is 72.0 Å². The maximum absolute atomic E-state index is 12.1. The minimum absolute atomic E-state index is 0.0129. The zero-order valence-electron chi connectivity index (χ0n) is 24.4. The van der Waals surface area contributed by atoms with E-state index in [1.54, 1.807) is 6.20 Å². The van der Waals surface area contributed by atoms with E-state index in [1.165, 1.54) is 18.7 Å². The molecule has 0 bridgehead atoms. The van der Waals surface area contributed by atoms with Crippen LogP contribution in [0.3, 0.4) is 0 Å². The predicted molar refractivity (Wildman–Crippen MR) is 155 cm³/mol. The van der Waals surface area contributed by atoms with Gasteiger partial charge in [-0.25, -0.2) is 9.37 Å². The third kappa shape index (κ3) is 14.3. The van der Waals surface area contributed by atoms with Gasteiger partial charge < -0.3 is 10.1 Å². The number of hydrogen-bond donors (Lipinski definition) is 1. The molecule has 3 rings (SSSR count).